The van der Waals surface area contributed by atoms with Gasteiger partial charge in [0.05, 0.1) is 17.6 Å². The van der Waals surface area contributed by atoms with Crippen molar-refractivity contribution < 1.29 is 36.2 Å². The van der Waals surface area contributed by atoms with E-state index >= 15 is 0 Å². The number of carbonyl (C=O) groups is 1. The van der Waals surface area contributed by atoms with Gasteiger partial charge in [0.2, 0.25) is 10.0 Å². The fraction of sp³-hybridized carbons (Fsp3) is 0.696. The lowest BCUT2D eigenvalue weighted by Gasteiger charge is -2.38. The summed E-state index contributed by atoms with van der Waals surface area (Å²) in [5.41, 5.74) is 0.175. The molecule has 34 heavy (non-hydrogen) atoms. The van der Waals surface area contributed by atoms with Crippen LogP contribution >= 0.6 is 0 Å². The Morgan fingerprint density at radius 1 is 1.18 bits per heavy atom. The first-order valence-electron chi connectivity index (χ1n) is 11.6. The fourth-order valence-corrected chi connectivity index (χ4v) is 6.51. The van der Waals surface area contributed by atoms with Crippen molar-refractivity contribution in [2.24, 2.45) is 11.3 Å². The molecule has 2 unspecified atom stereocenters. The number of ether oxygens (including phenoxy) is 1. The molecule has 3 aliphatic rings. The third-order valence-corrected chi connectivity index (χ3v) is 8.81. The van der Waals surface area contributed by atoms with Crippen LogP contribution in [0.25, 0.3) is 0 Å². The number of hydrogen-bond acceptors (Lipinski definition) is 5. The zero-order valence-electron chi connectivity index (χ0n) is 19.3. The van der Waals surface area contributed by atoms with Crippen molar-refractivity contribution in [3.05, 3.63) is 30.3 Å². The summed E-state index contributed by atoms with van der Waals surface area (Å²) >= 11 is 0. The minimum atomic E-state index is -5.08. The Balaban J connectivity index is 0.000000406. The lowest BCUT2D eigenvalue weighted by atomic mass is 9.77. The quantitative estimate of drug-likeness (QED) is 0.672. The molecule has 1 aromatic rings. The second kappa shape index (κ2) is 10.9. The highest BCUT2D eigenvalue weighted by molar-refractivity contribution is 7.89. The molecule has 4 rings (SSSR count). The van der Waals surface area contributed by atoms with E-state index in [9.17, 15) is 21.6 Å². The van der Waals surface area contributed by atoms with Crippen molar-refractivity contribution in [3.8, 4) is 0 Å². The van der Waals surface area contributed by atoms with Crippen LogP contribution in [0.2, 0.25) is 0 Å². The predicted octanol–water partition coefficient (Wildman–Crippen LogP) is 3.61. The van der Waals surface area contributed by atoms with Crippen molar-refractivity contribution >= 4 is 16.0 Å². The number of likely N-dealkylation sites (tertiary alicyclic amines) is 1. The number of alkyl halides is 3. The van der Waals surface area contributed by atoms with Crippen molar-refractivity contribution in [1.29, 1.82) is 0 Å². The first-order valence-corrected chi connectivity index (χ1v) is 13.0. The Bertz CT molecular complexity index is 918. The summed E-state index contributed by atoms with van der Waals surface area (Å²) < 4.78 is 65.2. The van der Waals surface area contributed by atoms with Gasteiger partial charge in [-0.2, -0.15) is 17.5 Å². The average Bonchev–Trinajstić information content (AvgIpc) is 3.16. The molecule has 1 N–H and O–H groups in total. The summed E-state index contributed by atoms with van der Waals surface area (Å²) in [6.07, 6.45) is 0.769. The van der Waals surface area contributed by atoms with Gasteiger partial charge in [0.1, 0.15) is 0 Å². The van der Waals surface area contributed by atoms with Gasteiger partial charge in [-0.25, -0.2) is 13.2 Å². The van der Waals surface area contributed by atoms with Gasteiger partial charge in [0, 0.05) is 26.2 Å². The highest BCUT2D eigenvalue weighted by Crippen LogP contribution is 2.43. The Labute approximate surface area is 198 Å². The SMILES string of the molecule is CC1CCCN(CC2CC3(CCN(S(=O)(=O)c4ccccc4)CC3)CO2)C1.O=C(O)C(F)(F)F. The van der Waals surface area contributed by atoms with E-state index in [1.807, 2.05) is 6.07 Å². The van der Waals surface area contributed by atoms with Crippen molar-refractivity contribution in [2.45, 2.75) is 56.2 Å². The molecule has 3 heterocycles. The summed E-state index contributed by atoms with van der Waals surface area (Å²) in [4.78, 5) is 11.9. The first-order chi connectivity index (χ1) is 15.9. The number of halogens is 3. The lowest BCUT2D eigenvalue weighted by molar-refractivity contribution is -0.192. The highest BCUT2D eigenvalue weighted by atomic mass is 32.2. The van der Waals surface area contributed by atoms with Gasteiger partial charge in [-0.3, -0.25) is 0 Å². The molecule has 0 saturated carbocycles. The van der Waals surface area contributed by atoms with Gasteiger partial charge < -0.3 is 14.7 Å². The van der Waals surface area contributed by atoms with Crippen LogP contribution in [0.1, 0.15) is 39.0 Å². The molecule has 2 atom stereocenters. The van der Waals surface area contributed by atoms with Crippen molar-refractivity contribution in [1.82, 2.24) is 9.21 Å². The molecule has 0 amide bonds. The van der Waals surface area contributed by atoms with E-state index in [-0.39, 0.29) is 5.41 Å². The van der Waals surface area contributed by atoms with Crippen LogP contribution in [0.5, 0.6) is 0 Å². The molecule has 0 radical (unpaired) electrons. The standard InChI is InChI=1S/C21H32N2O3S.C2HF3O2/c1-18-6-5-11-22(15-18)16-19-14-21(17-26-19)9-12-23(13-10-21)27(24,25)20-7-3-2-4-8-20;3-2(4,5)1(6)7/h2-4,7-8,18-19H,5-6,9-17H2,1H3;(H,6,7). The number of rotatable bonds is 4. The fourth-order valence-electron chi connectivity index (χ4n) is 5.04. The van der Waals surface area contributed by atoms with Crippen LogP contribution in [-0.2, 0) is 19.6 Å². The zero-order chi connectivity index (χ0) is 25.0. The molecule has 3 fully saturated rings. The maximum atomic E-state index is 12.8. The molecule has 192 valence electrons. The number of benzene rings is 1. The molecule has 0 aromatic heterocycles. The van der Waals surface area contributed by atoms with Crippen LogP contribution in [-0.4, -0.2) is 80.3 Å². The number of nitrogens with zero attached hydrogens (tertiary/aromatic N) is 2. The van der Waals surface area contributed by atoms with E-state index in [0.717, 1.165) is 38.3 Å². The smallest absolute Gasteiger partial charge is 0.475 e. The summed E-state index contributed by atoms with van der Waals surface area (Å²) in [7, 11) is -3.37. The van der Waals surface area contributed by atoms with E-state index in [0.29, 0.717) is 24.1 Å². The maximum Gasteiger partial charge on any atom is 0.490 e. The van der Waals surface area contributed by atoms with E-state index in [1.165, 1.54) is 25.9 Å². The molecule has 11 heteroatoms. The molecule has 0 bridgehead atoms. The second-order valence-corrected chi connectivity index (χ2v) is 11.6. The molecule has 0 aliphatic carbocycles. The normalized spacial score (nSPS) is 26.1. The van der Waals surface area contributed by atoms with E-state index < -0.39 is 22.2 Å². The summed E-state index contributed by atoms with van der Waals surface area (Å²) in [6, 6.07) is 8.80. The first kappa shape index (κ1) is 26.9. The largest absolute Gasteiger partial charge is 0.490 e. The number of piperidine rings is 2. The van der Waals surface area contributed by atoms with Gasteiger partial charge >= 0.3 is 12.1 Å². The molecular formula is C23H33F3N2O5S. The number of aliphatic carboxylic acids is 1. The van der Waals surface area contributed by atoms with Gasteiger partial charge in [-0.15, -0.1) is 0 Å². The van der Waals surface area contributed by atoms with E-state index in [4.69, 9.17) is 14.6 Å². The van der Waals surface area contributed by atoms with Crippen molar-refractivity contribution in [3.63, 3.8) is 0 Å². The van der Waals surface area contributed by atoms with Crippen molar-refractivity contribution in [2.75, 3.05) is 39.3 Å². The third kappa shape index (κ3) is 6.93. The molecule has 3 aliphatic heterocycles. The summed E-state index contributed by atoms with van der Waals surface area (Å²) in [6.45, 7) is 7.77. The number of sulfonamides is 1. The van der Waals surface area contributed by atoms with Crippen LogP contribution in [0.3, 0.4) is 0 Å². The summed E-state index contributed by atoms with van der Waals surface area (Å²) in [5, 5.41) is 7.12. The minimum Gasteiger partial charge on any atom is -0.475 e. The molecule has 7 nitrogen and oxygen atoms in total. The zero-order valence-corrected chi connectivity index (χ0v) is 20.2. The minimum absolute atomic E-state index is 0.175. The topological polar surface area (TPSA) is 87.2 Å². The molecule has 1 spiro atoms. The third-order valence-electron chi connectivity index (χ3n) is 6.90. The lowest BCUT2D eigenvalue weighted by Crippen LogP contribution is -2.44. The monoisotopic (exact) mass is 506 g/mol. The number of hydrogen-bond donors (Lipinski definition) is 1. The van der Waals surface area contributed by atoms with E-state index in [2.05, 4.69) is 11.8 Å². The predicted molar refractivity (Wildman–Crippen MR) is 120 cm³/mol. The Morgan fingerprint density at radius 2 is 1.79 bits per heavy atom. The van der Waals surface area contributed by atoms with Gasteiger partial charge in [-0.1, -0.05) is 25.1 Å². The highest BCUT2D eigenvalue weighted by Gasteiger charge is 2.44. The molecule has 1 aromatic carbocycles. The molecule has 3 saturated heterocycles. The van der Waals surface area contributed by atoms with Gasteiger partial charge in [-0.05, 0) is 62.1 Å². The maximum absolute atomic E-state index is 12.8. The Morgan fingerprint density at radius 3 is 2.35 bits per heavy atom. The van der Waals surface area contributed by atoms with Crippen LogP contribution in [0, 0.1) is 11.3 Å². The second-order valence-electron chi connectivity index (χ2n) is 9.66. The molecular weight excluding hydrogens is 473 g/mol. The van der Waals surface area contributed by atoms with Gasteiger partial charge in [0.15, 0.2) is 0 Å². The Kier molecular flexibility index (Phi) is 8.65. The number of carboxylic acid groups (broad SMARTS) is 1. The van der Waals surface area contributed by atoms with Crippen LogP contribution in [0.15, 0.2) is 35.2 Å². The van der Waals surface area contributed by atoms with Gasteiger partial charge in [0.25, 0.3) is 0 Å². The van der Waals surface area contributed by atoms with Crippen LogP contribution < -0.4 is 0 Å². The average molecular weight is 507 g/mol. The number of carboxylic acids is 1. The van der Waals surface area contributed by atoms with E-state index in [1.54, 1.807) is 28.6 Å². The van der Waals surface area contributed by atoms with Crippen LogP contribution in [0.4, 0.5) is 13.2 Å². The Hall–Kier alpha value is -1.69. The summed E-state index contributed by atoms with van der Waals surface area (Å²) in [5.74, 6) is -1.96.